The second-order valence-corrected chi connectivity index (χ2v) is 6.13. The molecule has 2 atom stereocenters. The lowest BCUT2D eigenvalue weighted by Crippen LogP contribution is -2.50. The molecule has 0 heterocycles. The molecule has 2 rings (SSSR count). The van der Waals surface area contributed by atoms with Crippen LogP contribution in [0.2, 0.25) is 0 Å². The van der Waals surface area contributed by atoms with E-state index in [9.17, 15) is 5.11 Å². The molecular weight excluding hydrogens is 266 g/mol. The molecule has 0 saturated heterocycles. The van der Waals surface area contributed by atoms with Crippen molar-refractivity contribution in [2.24, 2.45) is 0 Å². The molecule has 2 N–H and O–H groups in total. The minimum Gasteiger partial charge on any atom is -0.491 e. The minimum atomic E-state index is -0.168. The predicted molar refractivity (Wildman–Crippen MR) is 83.6 cm³/mol. The van der Waals surface area contributed by atoms with Gasteiger partial charge < -0.3 is 19.9 Å². The van der Waals surface area contributed by atoms with E-state index >= 15 is 0 Å². The van der Waals surface area contributed by atoms with E-state index in [0.29, 0.717) is 19.3 Å². The van der Waals surface area contributed by atoms with Crippen molar-refractivity contribution in [3.63, 3.8) is 0 Å². The smallest absolute Gasteiger partial charge is 0.119 e. The van der Waals surface area contributed by atoms with E-state index in [-0.39, 0.29) is 18.2 Å². The number of ether oxygens (including phenoxy) is 2. The Morgan fingerprint density at radius 2 is 2.05 bits per heavy atom. The summed E-state index contributed by atoms with van der Waals surface area (Å²) in [7, 11) is 0. The summed E-state index contributed by atoms with van der Waals surface area (Å²) in [6.07, 6.45) is 3.03. The highest BCUT2D eigenvalue weighted by molar-refractivity contribution is 5.20. The van der Waals surface area contributed by atoms with Crippen molar-refractivity contribution in [1.29, 1.82) is 0 Å². The molecule has 0 bridgehead atoms. The van der Waals surface area contributed by atoms with E-state index in [2.05, 4.69) is 19.2 Å². The highest BCUT2D eigenvalue weighted by Crippen LogP contribution is 2.32. The summed E-state index contributed by atoms with van der Waals surface area (Å²) in [5, 5.41) is 13.2. The van der Waals surface area contributed by atoms with E-state index in [0.717, 1.165) is 25.0 Å². The average molecular weight is 293 g/mol. The Labute approximate surface area is 127 Å². The highest BCUT2D eigenvalue weighted by atomic mass is 16.5. The van der Waals surface area contributed by atoms with Crippen LogP contribution < -0.4 is 10.1 Å². The summed E-state index contributed by atoms with van der Waals surface area (Å²) in [6, 6.07) is 10.1. The summed E-state index contributed by atoms with van der Waals surface area (Å²) >= 11 is 0. The number of hydrogen-bond acceptors (Lipinski definition) is 4. The summed E-state index contributed by atoms with van der Waals surface area (Å²) in [5.74, 6) is 0.874. The van der Waals surface area contributed by atoms with Crippen LogP contribution in [0.15, 0.2) is 30.3 Å². The maximum atomic E-state index is 9.66. The molecule has 0 amide bonds. The number of hydrogen-bond donors (Lipinski definition) is 2. The van der Waals surface area contributed by atoms with Gasteiger partial charge in [0, 0.05) is 11.6 Å². The predicted octanol–water partition coefficient (Wildman–Crippen LogP) is 2.36. The normalized spacial score (nSPS) is 25.4. The Morgan fingerprint density at radius 3 is 2.71 bits per heavy atom. The molecule has 4 nitrogen and oxygen atoms in total. The van der Waals surface area contributed by atoms with Crippen LogP contribution in [0.1, 0.15) is 33.1 Å². The summed E-state index contributed by atoms with van der Waals surface area (Å²) in [5.41, 5.74) is -0.168. The lowest BCUT2D eigenvalue weighted by Gasteiger charge is -2.31. The second kappa shape index (κ2) is 7.78. The Balaban J connectivity index is 1.68. The largest absolute Gasteiger partial charge is 0.491 e. The van der Waals surface area contributed by atoms with Gasteiger partial charge in [-0.05, 0) is 31.4 Å². The van der Waals surface area contributed by atoms with Crippen LogP contribution in [-0.2, 0) is 4.74 Å². The average Bonchev–Trinajstić information content (AvgIpc) is 2.88. The molecule has 21 heavy (non-hydrogen) atoms. The van der Waals surface area contributed by atoms with Gasteiger partial charge in [0.15, 0.2) is 0 Å². The molecule has 1 fully saturated rings. The molecule has 4 heteroatoms. The van der Waals surface area contributed by atoms with Gasteiger partial charge in [-0.2, -0.15) is 0 Å². The first-order chi connectivity index (χ1) is 10.1. The van der Waals surface area contributed by atoms with Gasteiger partial charge in [-0.1, -0.05) is 32.0 Å². The number of rotatable bonds is 8. The van der Waals surface area contributed by atoms with Gasteiger partial charge in [0.25, 0.3) is 0 Å². The number of aliphatic hydroxyl groups excluding tert-OH is 1. The van der Waals surface area contributed by atoms with Crippen molar-refractivity contribution in [3.8, 4) is 5.75 Å². The van der Waals surface area contributed by atoms with Crippen molar-refractivity contribution in [2.75, 3.05) is 19.8 Å². The first-order valence-corrected chi connectivity index (χ1v) is 7.81. The lowest BCUT2D eigenvalue weighted by molar-refractivity contribution is 0.0287. The highest BCUT2D eigenvalue weighted by Gasteiger charge is 2.39. The van der Waals surface area contributed by atoms with Crippen molar-refractivity contribution in [2.45, 2.75) is 50.8 Å². The van der Waals surface area contributed by atoms with E-state index < -0.39 is 0 Å². The Kier molecular flexibility index (Phi) is 6.03. The first kappa shape index (κ1) is 16.3. The topological polar surface area (TPSA) is 50.7 Å². The van der Waals surface area contributed by atoms with E-state index in [4.69, 9.17) is 9.47 Å². The van der Waals surface area contributed by atoms with Crippen LogP contribution in [0, 0.1) is 0 Å². The number of para-hydroxylation sites is 1. The monoisotopic (exact) mass is 293 g/mol. The van der Waals surface area contributed by atoms with Crippen LogP contribution in [0.25, 0.3) is 0 Å². The van der Waals surface area contributed by atoms with Crippen LogP contribution in [0.5, 0.6) is 5.75 Å². The standard InChI is InChI=1S/C17H27NO3/c1-14(2)18-17(13-19)9-8-16(12-17)21-11-10-20-15-6-4-3-5-7-15/h3-7,14,16,18-19H,8-13H2,1-2H3. The van der Waals surface area contributed by atoms with E-state index in [1.54, 1.807) is 0 Å². The van der Waals surface area contributed by atoms with Crippen LogP contribution >= 0.6 is 0 Å². The number of aliphatic hydroxyl groups is 1. The van der Waals surface area contributed by atoms with Gasteiger partial charge in [0.1, 0.15) is 12.4 Å². The zero-order valence-electron chi connectivity index (χ0n) is 13.0. The summed E-state index contributed by atoms with van der Waals surface area (Å²) in [4.78, 5) is 0. The number of benzene rings is 1. The lowest BCUT2D eigenvalue weighted by atomic mass is 9.97. The van der Waals surface area contributed by atoms with Gasteiger partial charge >= 0.3 is 0 Å². The third-order valence-corrected chi connectivity index (χ3v) is 3.91. The fraction of sp³-hybridized carbons (Fsp3) is 0.647. The van der Waals surface area contributed by atoms with Crippen molar-refractivity contribution >= 4 is 0 Å². The molecule has 1 aromatic carbocycles. The third-order valence-electron chi connectivity index (χ3n) is 3.91. The first-order valence-electron chi connectivity index (χ1n) is 7.81. The molecule has 0 radical (unpaired) electrons. The molecule has 2 unspecified atom stereocenters. The fourth-order valence-corrected chi connectivity index (χ4v) is 3.04. The van der Waals surface area contributed by atoms with Crippen LogP contribution in [0.3, 0.4) is 0 Å². The van der Waals surface area contributed by atoms with Gasteiger partial charge in [-0.3, -0.25) is 0 Å². The van der Waals surface area contributed by atoms with Gasteiger partial charge in [-0.15, -0.1) is 0 Å². The third kappa shape index (κ3) is 4.99. The number of nitrogens with one attached hydrogen (secondary N) is 1. The van der Waals surface area contributed by atoms with Gasteiger partial charge in [-0.25, -0.2) is 0 Å². The van der Waals surface area contributed by atoms with Gasteiger partial charge in [0.2, 0.25) is 0 Å². The van der Waals surface area contributed by atoms with Crippen molar-refractivity contribution < 1.29 is 14.6 Å². The maximum absolute atomic E-state index is 9.66. The van der Waals surface area contributed by atoms with E-state index in [1.165, 1.54) is 0 Å². The SMILES string of the molecule is CC(C)NC1(CO)CCC(OCCOc2ccccc2)C1. The quantitative estimate of drug-likeness (QED) is 0.723. The Bertz CT molecular complexity index is 410. The molecule has 0 spiro atoms. The fourth-order valence-electron chi connectivity index (χ4n) is 3.04. The summed E-state index contributed by atoms with van der Waals surface area (Å²) < 4.78 is 11.5. The molecule has 0 aromatic heterocycles. The second-order valence-electron chi connectivity index (χ2n) is 6.13. The zero-order valence-corrected chi connectivity index (χ0v) is 13.0. The van der Waals surface area contributed by atoms with Crippen molar-refractivity contribution in [1.82, 2.24) is 5.32 Å². The molecule has 1 aliphatic carbocycles. The Hall–Kier alpha value is -1.10. The molecular formula is C17H27NO3. The summed E-state index contributed by atoms with van der Waals surface area (Å²) in [6.45, 7) is 5.54. The Morgan fingerprint density at radius 1 is 1.29 bits per heavy atom. The molecule has 0 aliphatic heterocycles. The van der Waals surface area contributed by atoms with Crippen molar-refractivity contribution in [3.05, 3.63) is 30.3 Å². The van der Waals surface area contributed by atoms with Gasteiger partial charge in [0.05, 0.1) is 19.3 Å². The zero-order chi connectivity index (χ0) is 15.1. The van der Waals surface area contributed by atoms with E-state index in [1.807, 2.05) is 30.3 Å². The molecule has 1 aliphatic rings. The molecule has 118 valence electrons. The van der Waals surface area contributed by atoms with Crippen LogP contribution in [-0.4, -0.2) is 42.6 Å². The van der Waals surface area contributed by atoms with Crippen LogP contribution in [0.4, 0.5) is 0 Å². The minimum absolute atomic E-state index is 0.168. The molecule has 1 aromatic rings. The molecule has 1 saturated carbocycles. The maximum Gasteiger partial charge on any atom is 0.119 e.